The Morgan fingerprint density at radius 1 is 0.941 bits per heavy atom. The summed E-state index contributed by atoms with van der Waals surface area (Å²) in [6, 6.07) is 0.736. The third kappa shape index (κ3) is 5.84. The highest BCUT2D eigenvalue weighted by atomic mass is 15.2. The van der Waals surface area contributed by atoms with E-state index in [9.17, 15) is 0 Å². The standard InChI is InChI=1S/C14H31N3/c1-4-16(5-2)11-12-17(6-3)13-14-9-7-8-10-15-14/h14-15H,4-13H2,1-3H3. The van der Waals surface area contributed by atoms with Crippen molar-refractivity contribution in [2.24, 2.45) is 0 Å². The van der Waals surface area contributed by atoms with Crippen LogP contribution < -0.4 is 5.32 Å². The average Bonchev–Trinajstić information content (AvgIpc) is 2.39. The summed E-state index contributed by atoms with van der Waals surface area (Å²) < 4.78 is 0. The molecule has 1 saturated heterocycles. The predicted molar refractivity (Wildman–Crippen MR) is 75.5 cm³/mol. The fourth-order valence-electron chi connectivity index (χ4n) is 2.59. The maximum Gasteiger partial charge on any atom is 0.0195 e. The molecule has 0 amide bonds. The lowest BCUT2D eigenvalue weighted by molar-refractivity contribution is 0.195. The Kier molecular flexibility index (Phi) is 7.82. The Hall–Kier alpha value is -0.120. The number of nitrogens with zero attached hydrogens (tertiary/aromatic N) is 2. The van der Waals surface area contributed by atoms with E-state index in [4.69, 9.17) is 0 Å². The zero-order valence-electron chi connectivity index (χ0n) is 12.0. The first-order valence-electron chi connectivity index (χ1n) is 7.48. The molecule has 1 N–H and O–H groups in total. The molecule has 1 atom stereocenters. The molecule has 1 aliphatic heterocycles. The molecule has 0 bridgehead atoms. The summed E-state index contributed by atoms with van der Waals surface area (Å²) in [6.07, 6.45) is 4.13. The van der Waals surface area contributed by atoms with Crippen LogP contribution in [0.25, 0.3) is 0 Å². The second-order valence-electron chi connectivity index (χ2n) is 5.07. The summed E-state index contributed by atoms with van der Waals surface area (Å²) in [5.74, 6) is 0. The fourth-order valence-corrected chi connectivity index (χ4v) is 2.59. The number of nitrogens with one attached hydrogen (secondary N) is 1. The smallest absolute Gasteiger partial charge is 0.0195 e. The van der Waals surface area contributed by atoms with Crippen molar-refractivity contribution >= 4 is 0 Å². The molecule has 0 radical (unpaired) electrons. The van der Waals surface area contributed by atoms with Gasteiger partial charge < -0.3 is 15.1 Å². The van der Waals surface area contributed by atoms with E-state index in [0.717, 1.165) is 6.04 Å². The maximum atomic E-state index is 3.64. The summed E-state index contributed by atoms with van der Waals surface area (Å²) in [7, 11) is 0. The highest BCUT2D eigenvalue weighted by molar-refractivity contribution is 4.76. The first-order chi connectivity index (χ1) is 8.30. The van der Waals surface area contributed by atoms with Crippen LogP contribution in [-0.4, -0.2) is 61.7 Å². The molecule has 102 valence electrons. The molecule has 0 aromatic carbocycles. The molecular weight excluding hydrogens is 210 g/mol. The van der Waals surface area contributed by atoms with Gasteiger partial charge in [-0.2, -0.15) is 0 Å². The summed E-state index contributed by atoms with van der Waals surface area (Å²) in [5.41, 5.74) is 0. The van der Waals surface area contributed by atoms with Gasteiger partial charge in [0.15, 0.2) is 0 Å². The zero-order chi connectivity index (χ0) is 12.5. The van der Waals surface area contributed by atoms with Crippen molar-refractivity contribution in [2.45, 2.75) is 46.1 Å². The number of hydrogen-bond donors (Lipinski definition) is 1. The highest BCUT2D eigenvalue weighted by Gasteiger charge is 2.15. The van der Waals surface area contributed by atoms with Gasteiger partial charge in [0.25, 0.3) is 0 Å². The third-order valence-corrected chi connectivity index (χ3v) is 3.97. The number of hydrogen-bond acceptors (Lipinski definition) is 3. The van der Waals surface area contributed by atoms with Crippen molar-refractivity contribution in [3.05, 3.63) is 0 Å². The number of piperidine rings is 1. The number of likely N-dealkylation sites (N-methyl/N-ethyl adjacent to an activating group) is 2. The Morgan fingerprint density at radius 3 is 2.12 bits per heavy atom. The lowest BCUT2D eigenvalue weighted by Gasteiger charge is -2.31. The largest absolute Gasteiger partial charge is 0.313 e. The Balaban J connectivity index is 2.22. The first kappa shape index (κ1) is 14.9. The van der Waals surface area contributed by atoms with Crippen LogP contribution in [0.2, 0.25) is 0 Å². The molecular formula is C14H31N3. The Bertz CT molecular complexity index is 174. The fraction of sp³-hybridized carbons (Fsp3) is 1.00. The molecule has 17 heavy (non-hydrogen) atoms. The van der Waals surface area contributed by atoms with Crippen LogP contribution in [-0.2, 0) is 0 Å². The minimum Gasteiger partial charge on any atom is -0.313 e. The van der Waals surface area contributed by atoms with Crippen LogP contribution in [0.1, 0.15) is 40.0 Å². The van der Waals surface area contributed by atoms with Crippen molar-refractivity contribution in [3.63, 3.8) is 0 Å². The second-order valence-corrected chi connectivity index (χ2v) is 5.07. The van der Waals surface area contributed by atoms with E-state index >= 15 is 0 Å². The Morgan fingerprint density at radius 2 is 1.59 bits per heavy atom. The zero-order valence-corrected chi connectivity index (χ0v) is 12.0. The first-order valence-corrected chi connectivity index (χ1v) is 7.48. The molecule has 3 nitrogen and oxygen atoms in total. The Labute approximate surface area is 108 Å². The monoisotopic (exact) mass is 241 g/mol. The van der Waals surface area contributed by atoms with Crippen molar-refractivity contribution in [3.8, 4) is 0 Å². The van der Waals surface area contributed by atoms with Gasteiger partial charge >= 0.3 is 0 Å². The second kappa shape index (κ2) is 8.90. The van der Waals surface area contributed by atoms with Crippen molar-refractivity contribution in [1.29, 1.82) is 0 Å². The van der Waals surface area contributed by atoms with Gasteiger partial charge in [0, 0.05) is 25.7 Å². The van der Waals surface area contributed by atoms with Gasteiger partial charge in [-0.15, -0.1) is 0 Å². The summed E-state index contributed by atoms with van der Waals surface area (Å²) in [5, 5.41) is 3.64. The predicted octanol–water partition coefficient (Wildman–Crippen LogP) is 1.79. The summed E-state index contributed by atoms with van der Waals surface area (Å²) in [6.45, 7) is 15.2. The van der Waals surface area contributed by atoms with E-state index in [1.54, 1.807) is 0 Å². The van der Waals surface area contributed by atoms with E-state index in [-0.39, 0.29) is 0 Å². The van der Waals surface area contributed by atoms with E-state index in [0.29, 0.717) is 0 Å². The molecule has 0 aromatic rings. The van der Waals surface area contributed by atoms with Crippen LogP contribution >= 0.6 is 0 Å². The summed E-state index contributed by atoms with van der Waals surface area (Å²) in [4.78, 5) is 5.11. The normalized spacial score (nSPS) is 21.4. The molecule has 3 heteroatoms. The maximum absolute atomic E-state index is 3.64. The minimum absolute atomic E-state index is 0.736. The highest BCUT2D eigenvalue weighted by Crippen LogP contribution is 2.08. The molecule has 1 rings (SSSR count). The lowest BCUT2D eigenvalue weighted by Crippen LogP contribution is -2.45. The molecule has 0 aromatic heterocycles. The van der Waals surface area contributed by atoms with Crippen LogP contribution in [0.4, 0.5) is 0 Å². The van der Waals surface area contributed by atoms with Crippen LogP contribution in [0, 0.1) is 0 Å². The van der Waals surface area contributed by atoms with Gasteiger partial charge in [-0.05, 0) is 39.0 Å². The van der Waals surface area contributed by atoms with Gasteiger partial charge in [0.2, 0.25) is 0 Å². The molecule has 1 heterocycles. The third-order valence-electron chi connectivity index (χ3n) is 3.97. The number of rotatable bonds is 8. The topological polar surface area (TPSA) is 18.5 Å². The van der Waals surface area contributed by atoms with Crippen LogP contribution in [0.3, 0.4) is 0 Å². The molecule has 1 fully saturated rings. The van der Waals surface area contributed by atoms with E-state index in [2.05, 4.69) is 35.9 Å². The average molecular weight is 241 g/mol. The SMILES string of the molecule is CCN(CC)CCN(CC)CC1CCCCN1. The quantitative estimate of drug-likeness (QED) is 0.699. The lowest BCUT2D eigenvalue weighted by atomic mass is 10.0. The van der Waals surface area contributed by atoms with E-state index in [1.165, 1.54) is 65.1 Å². The minimum atomic E-state index is 0.736. The van der Waals surface area contributed by atoms with Crippen LogP contribution in [0.5, 0.6) is 0 Å². The van der Waals surface area contributed by atoms with E-state index in [1.807, 2.05) is 0 Å². The molecule has 1 aliphatic rings. The van der Waals surface area contributed by atoms with Gasteiger partial charge in [0.05, 0.1) is 0 Å². The summed E-state index contributed by atoms with van der Waals surface area (Å²) >= 11 is 0. The molecule has 0 spiro atoms. The van der Waals surface area contributed by atoms with Gasteiger partial charge in [-0.1, -0.05) is 27.2 Å². The molecule has 0 saturated carbocycles. The van der Waals surface area contributed by atoms with Gasteiger partial charge in [-0.25, -0.2) is 0 Å². The van der Waals surface area contributed by atoms with Gasteiger partial charge in [-0.3, -0.25) is 0 Å². The van der Waals surface area contributed by atoms with Gasteiger partial charge in [0.1, 0.15) is 0 Å². The van der Waals surface area contributed by atoms with Crippen molar-refractivity contribution < 1.29 is 0 Å². The molecule has 1 unspecified atom stereocenters. The van der Waals surface area contributed by atoms with Crippen molar-refractivity contribution in [1.82, 2.24) is 15.1 Å². The van der Waals surface area contributed by atoms with E-state index < -0.39 is 0 Å². The molecule has 0 aliphatic carbocycles. The van der Waals surface area contributed by atoms with Crippen molar-refractivity contribution in [2.75, 3.05) is 45.8 Å². The van der Waals surface area contributed by atoms with Crippen LogP contribution in [0.15, 0.2) is 0 Å².